The molecule has 44 heavy (non-hydrogen) atoms. The van der Waals surface area contributed by atoms with Crippen molar-refractivity contribution in [3.8, 4) is 16.9 Å². The van der Waals surface area contributed by atoms with Gasteiger partial charge in [0.25, 0.3) is 0 Å². The first kappa shape index (κ1) is 30.0. The van der Waals surface area contributed by atoms with Gasteiger partial charge in [0, 0.05) is 12.5 Å². The van der Waals surface area contributed by atoms with Crippen LogP contribution in [0.5, 0.6) is 5.75 Å². The van der Waals surface area contributed by atoms with Crippen molar-refractivity contribution in [2.24, 2.45) is 5.41 Å². The molecular formula is C36H38N2O6. The molecule has 1 aliphatic carbocycles. The van der Waals surface area contributed by atoms with E-state index in [0.29, 0.717) is 31.0 Å². The minimum absolute atomic E-state index is 0.0367. The molecule has 2 aliphatic rings. The Hall–Kier alpha value is -4.05. The van der Waals surface area contributed by atoms with E-state index in [1.807, 2.05) is 12.1 Å². The number of piperidine rings is 1. The predicted octanol–water partition coefficient (Wildman–Crippen LogP) is 7.26. The van der Waals surface area contributed by atoms with Gasteiger partial charge in [-0.2, -0.15) is 0 Å². The molecule has 0 radical (unpaired) electrons. The molecule has 8 heteroatoms. The summed E-state index contributed by atoms with van der Waals surface area (Å²) < 4.78 is 12.5. The molecule has 2 N–H and O–H groups in total. The topological polar surface area (TPSA) is 91.7 Å². The zero-order chi connectivity index (χ0) is 30.4. The van der Waals surface area contributed by atoms with Crippen LogP contribution in [0, 0.1) is 5.41 Å². The molecular weight excluding hydrogens is 556 g/mol. The molecule has 2 fully saturated rings. The Morgan fingerprint density at radius 2 is 1.55 bits per heavy atom. The van der Waals surface area contributed by atoms with Crippen molar-refractivity contribution in [3.05, 3.63) is 126 Å². The first-order valence-corrected chi connectivity index (χ1v) is 15.1. The van der Waals surface area contributed by atoms with Crippen LogP contribution in [-0.4, -0.2) is 52.6 Å². The number of nitrogens with zero attached hydrogens (tertiary/aromatic N) is 2. The van der Waals surface area contributed by atoms with E-state index in [4.69, 9.17) is 19.9 Å². The van der Waals surface area contributed by atoms with Crippen molar-refractivity contribution in [2.45, 2.75) is 44.3 Å². The highest BCUT2D eigenvalue weighted by atomic mass is 17.1. The Labute approximate surface area is 257 Å². The van der Waals surface area contributed by atoms with Crippen molar-refractivity contribution < 1.29 is 29.5 Å². The van der Waals surface area contributed by atoms with Crippen LogP contribution >= 0.6 is 0 Å². The molecule has 8 nitrogen and oxygen atoms in total. The van der Waals surface area contributed by atoms with Gasteiger partial charge < -0.3 is 14.4 Å². The van der Waals surface area contributed by atoms with Crippen molar-refractivity contribution in [1.82, 2.24) is 10.3 Å². The lowest BCUT2D eigenvalue weighted by Crippen LogP contribution is -2.48. The lowest BCUT2D eigenvalue weighted by molar-refractivity contribution is -0.497. The van der Waals surface area contributed by atoms with Gasteiger partial charge in [-0.25, -0.2) is 9.63 Å². The largest absolute Gasteiger partial charge is 0.415 e. The van der Waals surface area contributed by atoms with Gasteiger partial charge in [-0.05, 0) is 71.0 Å². The fourth-order valence-electron chi connectivity index (χ4n) is 6.02. The SMILES string of the molecule is O=C(Oc1ccc(CON(O)O)cc1)N1CC[C@H](c2cccc(-c3ccccc3)c2)C(OCC2(Cc3ccccc3)CC2)C1. The summed E-state index contributed by atoms with van der Waals surface area (Å²) in [5.41, 5.74) is 5.74. The van der Waals surface area contributed by atoms with Gasteiger partial charge in [-0.3, -0.25) is 10.4 Å². The van der Waals surface area contributed by atoms with Gasteiger partial charge in [0.2, 0.25) is 0 Å². The average Bonchev–Trinajstić information content (AvgIpc) is 3.83. The standard InChI is InChI=1S/C36H38N2O6/c39-35(44-32-16-14-28(15-17-32)25-43-38(40)41)37-21-18-33(31-13-7-12-30(22-31)29-10-5-2-6-11-29)34(24-37)42-26-36(19-20-36)23-27-8-3-1-4-9-27/h1-17,22,33-34,40-41H,18-21,23-26H2/t33-,34?/m1/s1. The molecule has 1 saturated carbocycles. The molecule has 0 aromatic heterocycles. The zero-order valence-electron chi connectivity index (χ0n) is 24.6. The lowest BCUT2D eigenvalue weighted by atomic mass is 9.85. The number of hydrogen-bond donors (Lipinski definition) is 2. The minimum atomic E-state index is -0.415. The maximum atomic E-state index is 13.3. The van der Waals surface area contributed by atoms with Crippen LogP contribution in [0.25, 0.3) is 11.1 Å². The quantitative estimate of drug-likeness (QED) is 0.177. The lowest BCUT2D eigenvalue weighted by Gasteiger charge is -2.39. The van der Waals surface area contributed by atoms with E-state index in [0.717, 1.165) is 25.7 Å². The molecule has 228 valence electrons. The molecule has 1 unspecified atom stereocenters. The van der Waals surface area contributed by atoms with Crippen LogP contribution in [0.1, 0.15) is 41.9 Å². The third-order valence-electron chi connectivity index (χ3n) is 8.70. The summed E-state index contributed by atoms with van der Waals surface area (Å²) in [7, 11) is 0. The van der Waals surface area contributed by atoms with E-state index in [1.165, 1.54) is 22.3 Å². The maximum absolute atomic E-state index is 13.3. The summed E-state index contributed by atoms with van der Waals surface area (Å²) >= 11 is 0. The zero-order valence-corrected chi connectivity index (χ0v) is 24.6. The molecule has 4 aromatic carbocycles. The summed E-state index contributed by atoms with van der Waals surface area (Å²) in [4.78, 5) is 19.7. The van der Waals surface area contributed by atoms with Gasteiger partial charge in [0.15, 0.2) is 0 Å². The third-order valence-corrected chi connectivity index (χ3v) is 8.70. The highest BCUT2D eigenvalue weighted by Gasteiger charge is 2.44. The fourth-order valence-corrected chi connectivity index (χ4v) is 6.02. The summed E-state index contributed by atoms with van der Waals surface area (Å²) in [6.45, 7) is 1.62. The summed E-state index contributed by atoms with van der Waals surface area (Å²) in [5, 5.41) is 17.2. The van der Waals surface area contributed by atoms with Crippen LogP contribution in [-0.2, 0) is 22.6 Å². The van der Waals surface area contributed by atoms with E-state index >= 15 is 0 Å². The first-order valence-electron chi connectivity index (χ1n) is 15.1. The molecule has 1 aliphatic heterocycles. The van der Waals surface area contributed by atoms with Crippen LogP contribution in [0.3, 0.4) is 0 Å². The average molecular weight is 595 g/mol. The van der Waals surface area contributed by atoms with Gasteiger partial charge >= 0.3 is 6.09 Å². The Morgan fingerprint density at radius 3 is 2.25 bits per heavy atom. The number of hydrogen-bond acceptors (Lipinski definition) is 7. The molecule has 6 rings (SSSR count). The summed E-state index contributed by atoms with van der Waals surface area (Å²) in [6.07, 6.45) is 3.46. The second-order valence-corrected chi connectivity index (χ2v) is 11.9. The number of ether oxygens (including phenoxy) is 2. The second-order valence-electron chi connectivity index (χ2n) is 11.9. The summed E-state index contributed by atoms with van der Waals surface area (Å²) in [5.74, 6) is 0.547. The van der Waals surface area contributed by atoms with Gasteiger partial charge in [0.05, 0.1) is 31.3 Å². The maximum Gasteiger partial charge on any atom is 0.415 e. The monoisotopic (exact) mass is 594 g/mol. The molecule has 2 atom stereocenters. The van der Waals surface area contributed by atoms with Crippen molar-refractivity contribution in [3.63, 3.8) is 0 Å². The molecule has 4 aromatic rings. The fraction of sp³-hybridized carbons (Fsp3) is 0.306. The van der Waals surface area contributed by atoms with Crippen molar-refractivity contribution >= 4 is 6.09 Å². The highest BCUT2D eigenvalue weighted by molar-refractivity contribution is 5.71. The van der Waals surface area contributed by atoms with Crippen molar-refractivity contribution in [1.29, 1.82) is 0 Å². The minimum Gasteiger partial charge on any atom is -0.410 e. The van der Waals surface area contributed by atoms with Gasteiger partial charge in [0.1, 0.15) is 5.75 Å². The van der Waals surface area contributed by atoms with E-state index < -0.39 is 6.09 Å². The molecule has 1 saturated heterocycles. The number of rotatable bonds is 11. The Balaban J connectivity index is 1.16. The Morgan fingerprint density at radius 1 is 0.841 bits per heavy atom. The van der Waals surface area contributed by atoms with Gasteiger partial charge in [-0.15, -0.1) is 0 Å². The van der Waals surface area contributed by atoms with Crippen LogP contribution in [0.4, 0.5) is 4.79 Å². The van der Waals surface area contributed by atoms with E-state index in [2.05, 4.69) is 77.6 Å². The number of carbonyl (C=O) groups excluding carboxylic acids is 1. The summed E-state index contributed by atoms with van der Waals surface area (Å²) in [6, 6.07) is 36.4. The van der Waals surface area contributed by atoms with Crippen LogP contribution < -0.4 is 4.74 Å². The molecule has 1 amide bonds. The number of amides is 1. The smallest absolute Gasteiger partial charge is 0.410 e. The molecule has 1 heterocycles. The van der Waals surface area contributed by atoms with E-state index in [-0.39, 0.29) is 29.4 Å². The van der Waals surface area contributed by atoms with Crippen LogP contribution in [0.2, 0.25) is 0 Å². The number of carbonyl (C=O) groups is 1. The first-order chi connectivity index (χ1) is 21.5. The van der Waals surface area contributed by atoms with Crippen LogP contribution in [0.15, 0.2) is 109 Å². The Kier molecular flexibility index (Phi) is 9.35. The molecule has 0 bridgehead atoms. The normalized spacial score (nSPS) is 19.1. The van der Waals surface area contributed by atoms with Gasteiger partial charge in [-0.1, -0.05) is 97.1 Å². The van der Waals surface area contributed by atoms with Crippen molar-refractivity contribution in [2.75, 3.05) is 19.7 Å². The predicted molar refractivity (Wildman–Crippen MR) is 165 cm³/mol. The van der Waals surface area contributed by atoms with E-state index in [9.17, 15) is 4.79 Å². The molecule has 0 spiro atoms. The second kappa shape index (κ2) is 13.7. The highest BCUT2D eigenvalue weighted by Crippen LogP contribution is 2.49. The van der Waals surface area contributed by atoms with E-state index in [1.54, 1.807) is 29.2 Å². The number of benzene rings is 4. The number of likely N-dealkylation sites (tertiary alicyclic amines) is 1. The third kappa shape index (κ3) is 7.72. The Bertz CT molecular complexity index is 1510.